The third-order valence-electron chi connectivity index (χ3n) is 19.6. The molecule has 0 aliphatic carbocycles. The summed E-state index contributed by atoms with van der Waals surface area (Å²) in [5.74, 6) is 1.70. The minimum absolute atomic E-state index is 0.196. The second-order valence-electron chi connectivity index (χ2n) is 24.7. The maximum atomic E-state index is 7.40. The summed E-state index contributed by atoms with van der Waals surface area (Å²) < 4.78 is 12.4. The quantitative estimate of drug-likeness (QED) is 0.134. The molecule has 14 aromatic carbocycles. The van der Waals surface area contributed by atoms with E-state index in [0.717, 1.165) is 108 Å². The highest BCUT2D eigenvalue weighted by molar-refractivity contribution is 7.27. The summed E-state index contributed by atoms with van der Waals surface area (Å²) >= 11 is 3.75. The topological polar surface area (TPSA) is 25.4 Å². The Hall–Kier alpha value is -11.6. The summed E-state index contributed by atoms with van der Waals surface area (Å²) in [6.07, 6.45) is 0. The zero-order valence-corrected chi connectivity index (χ0v) is 52.3. The van der Waals surface area contributed by atoms with Crippen LogP contribution in [0.4, 0.5) is 85.3 Å². The van der Waals surface area contributed by atoms with Gasteiger partial charge < -0.3 is 29.2 Å². The Morgan fingerprint density at radius 2 is 0.660 bits per heavy atom. The van der Waals surface area contributed by atoms with Crippen molar-refractivity contribution >= 4 is 195 Å². The third-order valence-corrected chi connectivity index (χ3v) is 22.0. The van der Waals surface area contributed by atoms with Gasteiger partial charge >= 0.3 is 0 Å². The van der Waals surface area contributed by atoms with Gasteiger partial charge in [-0.05, 0) is 154 Å². The van der Waals surface area contributed by atoms with Crippen LogP contribution in [0.25, 0.3) is 40.3 Å². The molecule has 4 aliphatic rings. The molecule has 438 valence electrons. The molecule has 0 unspecified atom stereocenters. The summed E-state index contributed by atoms with van der Waals surface area (Å²) in [5, 5.41) is 5.02. The summed E-state index contributed by atoms with van der Waals surface area (Å²) in [4.78, 5) is 12.6. The number of hydrogen-bond acceptors (Lipinski definition) is 8. The Morgan fingerprint density at radius 1 is 0.255 bits per heavy atom. The molecule has 0 bridgehead atoms. The molecule has 0 saturated heterocycles. The van der Waals surface area contributed by atoms with Crippen LogP contribution in [0, 0.1) is 0 Å². The van der Waals surface area contributed by atoms with Crippen LogP contribution in [0.15, 0.2) is 322 Å². The molecule has 4 aliphatic heterocycles. The van der Waals surface area contributed by atoms with Crippen LogP contribution in [0.5, 0.6) is 11.5 Å². The zero-order chi connectivity index (χ0) is 61.5. The average Bonchev–Trinajstić information content (AvgIpc) is 0.798. The first-order valence-electron chi connectivity index (χ1n) is 32.1. The van der Waals surface area contributed by atoms with Gasteiger partial charge in [0.15, 0.2) is 0 Å². The lowest BCUT2D eigenvalue weighted by Crippen LogP contribution is -2.64. The van der Waals surface area contributed by atoms with Crippen molar-refractivity contribution in [3.8, 4) is 11.5 Å². The molecule has 2 aromatic heterocycles. The fraction of sp³-hybridized carbons (Fsp3) is 0. The molecule has 0 N–H and O–H groups in total. The van der Waals surface area contributed by atoms with Crippen LogP contribution >= 0.6 is 22.7 Å². The smallest absolute Gasteiger partial charge is 0.256 e. The largest absolute Gasteiger partial charge is 0.458 e. The molecule has 0 spiro atoms. The molecule has 0 fully saturated rings. The van der Waals surface area contributed by atoms with Crippen molar-refractivity contribution < 1.29 is 4.74 Å². The highest BCUT2D eigenvalue weighted by Crippen LogP contribution is 2.54. The molecule has 0 amide bonds. The predicted molar refractivity (Wildman–Crippen MR) is 401 cm³/mol. The van der Waals surface area contributed by atoms with Crippen LogP contribution in [0.1, 0.15) is 0 Å². The predicted octanol–water partition coefficient (Wildman–Crippen LogP) is 19.8. The highest BCUT2D eigenvalue weighted by Gasteiger charge is 2.49. The van der Waals surface area contributed by atoms with Crippen LogP contribution in [0.2, 0.25) is 0 Å². The first kappa shape index (κ1) is 53.1. The molecule has 16 aromatic rings. The SMILES string of the molecule is c1ccc(N(c2ccccc2)c2cc3c4c(c2)N(c2cccc5c2sc2ccccc25)c2cc5c(cc2B4c2ccccc2O3)B2c3ccccc3N(c3cccc4c3sc3ccccc34)c3cc(N(c4ccccc4)c4ccccc4)cc(c32)N5c2ccccc2)cc1. The van der Waals surface area contributed by atoms with Gasteiger partial charge in [0.2, 0.25) is 0 Å². The number of thiophene rings is 2. The summed E-state index contributed by atoms with van der Waals surface area (Å²) in [6.45, 7) is -0.401. The number of benzene rings is 14. The Morgan fingerprint density at radius 3 is 1.22 bits per heavy atom. The van der Waals surface area contributed by atoms with Gasteiger partial charge in [-0.25, -0.2) is 0 Å². The molecule has 0 saturated carbocycles. The maximum Gasteiger partial charge on any atom is 0.256 e. The van der Waals surface area contributed by atoms with Gasteiger partial charge in [-0.2, -0.15) is 0 Å². The van der Waals surface area contributed by atoms with E-state index in [9.17, 15) is 0 Å². The Balaban J connectivity index is 0.917. The van der Waals surface area contributed by atoms with Gasteiger partial charge in [0.1, 0.15) is 11.5 Å². The molecule has 6 nitrogen and oxygen atoms in total. The maximum absolute atomic E-state index is 7.40. The van der Waals surface area contributed by atoms with Gasteiger partial charge in [0.05, 0.1) is 32.1 Å². The van der Waals surface area contributed by atoms with Crippen LogP contribution in [-0.2, 0) is 0 Å². The van der Waals surface area contributed by atoms with E-state index in [2.05, 4.69) is 346 Å². The normalized spacial score (nSPS) is 13.1. The molecule has 0 radical (unpaired) electrons. The lowest BCUT2D eigenvalue weighted by Gasteiger charge is -2.47. The summed E-state index contributed by atoms with van der Waals surface area (Å²) in [7, 11) is 0. The average molecular weight is 1230 g/mol. The lowest BCUT2D eigenvalue weighted by molar-refractivity contribution is 0.487. The first-order valence-corrected chi connectivity index (χ1v) is 33.8. The van der Waals surface area contributed by atoms with Crippen molar-refractivity contribution in [3.63, 3.8) is 0 Å². The molecule has 94 heavy (non-hydrogen) atoms. The molecule has 20 rings (SSSR count). The minimum Gasteiger partial charge on any atom is -0.458 e. The standard InChI is InChI=1S/C84H53B2N5OS2/c1-6-26-54(27-7-1)87(55-28-8-2-9-29-55)59-48-74-81-75(49-59)90(70-43-24-38-63-61-36-16-22-46-79(61)93-83(63)70)69-42-20-18-40-65(69)85(81)67-52-68-73(53-72(67)89(74)58-34-14-5-15-35-58)91(71-44-25-39-64-62-37-17-23-47-80(62)94-84(64)71)76-50-60(51-78-82(76)86(68)66-41-19-21-45-77(66)92-78)88(56-30-10-3-11-31-56)57-32-12-4-13-33-57/h1-53H. The fourth-order valence-electron chi connectivity index (χ4n) is 15.8. The lowest BCUT2D eigenvalue weighted by atomic mass is 9.30. The van der Waals surface area contributed by atoms with Crippen LogP contribution in [0.3, 0.4) is 0 Å². The number of para-hydroxylation sites is 7. The van der Waals surface area contributed by atoms with Crippen molar-refractivity contribution in [2.45, 2.75) is 0 Å². The van der Waals surface area contributed by atoms with Crippen molar-refractivity contribution in [1.82, 2.24) is 0 Å². The van der Waals surface area contributed by atoms with E-state index in [0.29, 0.717) is 0 Å². The van der Waals surface area contributed by atoms with Gasteiger partial charge in [0.25, 0.3) is 13.4 Å². The number of rotatable bonds is 9. The Labute approximate surface area is 553 Å². The van der Waals surface area contributed by atoms with E-state index in [1.807, 2.05) is 22.7 Å². The van der Waals surface area contributed by atoms with E-state index in [1.54, 1.807) is 0 Å². The number of nitrogens with zero attached hydrogens (tertiary/aromatic N) is 5. The number of ether oxygens (including phenoxy) is 1. The van der Waals surface area contributed by atoms with E-state index in [1.165, 1.54) is 62.2 Å². The Kier molecular flexibility index (Phi) is 11.9. The van der Waals surface area contributed by atoms with Crippen molar-refractivity contribution in [2.75, 3.05) is 24.5 Å². The number of hydrogen-bond donors (Lipinski definition) is 0. The monoisotopic (exact) mass is 1230 g/mol. The van der Waals surface area contributed by atoms with Crippen molar-refractivity contribution in [1.29, 1.82) is 0 Å². The number of anilines is 15. The summed E-state index contributed by atoms with van der Waals surface area (Å²) in [5.41, 5.74) is 23.6. The van der Waals surface area contributed by atoms with Gasteiger partial charge in [-0.3, -0.25) is 0 Å². The van der Waals surface area contributed by atoms with Gasteiger partial charge in [0, 0.05) is 99.6 Å². The van der Waals surface area contributed by atoms with Crippen molar-refractivity contribution in [3.05, 3.63) is 322 Å². The fourth-order valence-corrected chi connectivity index (χ4v) is 18.2. The molecular formula is C84H53B2N5OS2. The molecule has 6 heterocycles. The second kappa shape index (κ2) is 21.0. The van der Waals surface area contributed by atoms with E-state index < -0.39 is 0 Å². The van der Waals surface area contributed by atoms with Crippen LogP contribution < -0.4 is 62.0 Å². The third kappa shape index (κ3) is 7.97. The van der Waals surface area contributed by atoms with Crippen LogP contribution in [-0.4, -0.2) is 13.4 Å². The molecular weight excluding hydrogens is 1180 g/mol. The van der Waals surface area contributed by atoms with Gasteiger partial charge in [-0.1, -0.05) is 194 Å². The zero-order valence-electron chi connectivity index (χ0n) is 50.7. The minimum atomic E-state index is -0.205. The van der Waals surface area contributed by atoms with Gasteiger partial charge in [-0.15, -0.1) is 22.7 Å². The summed E-state index contributed by atoms with van der Waals surface area (Å²) in [6, 6.07) is 119. The van der Waals surface area contributed by atoms with E-state index in [4.69, 9.17) is 4.74 Å². The van der Waals surface area contributed by atoms with E-state index >= 15 is 0 Å². The molecule has 10 heteroatoms. The number of fused-ring (bicyclic) bond motifs is 14. The van der Waals surface area contributed by atoms with E-state index in [-0.39, 0.29) is 13.4 Å². The highest BCUT2D eigenvalue weighted by atomic mass is 32.1. The first-order chi connectivity index (χ1) is 46.7. The molecule has 0 atom stereocenters. The van der Waals surface area contributed by atoms with Crippen molar-refractivity contribution in [2.24, 2.45) is 0 Å². The second-order valence-corrected chi connectivity index (χ2v) is 26.8. The Bertz CT molecular complexity index is 5650.